The summed E-state index contributed by atoms with van der Waals surface area (Å²) in [6.45, 7) is 12.9. The zero-order valence-corrected chi connectivity index (χ0v) is 28.3. The second-order valence-corrected chi connectivity index (χ2v) is 13.7. The van der Waals surface area contributed by atoms with Gasteiger partial charge in [0.15, 0.2) is 6.10 Å². The van der Waals surface area contributed by atoms with Crippen LogP contribution in [0.4, 0.5) is 0 Å². The average molecular weight is 697 g/mol. The number of thiophene rings is 1. The maximum absolute atomic E-state index is 13.0. The summed E-state index contributed by atoms with van der Waals surface area (Å²) in [6.07, 6.45) is -4.73. The van der Waals surface area contributed by atoms with E-state index in [1.54, 1.807) is 0 Å². The van der Waals surface area contributed by atoms with Crippen molar-refractivity contribution >= 4 is 41.2 Å². The number of aliphatic hydroxyl groups is 2. The number of allylic oxidation sites excluding steroid dienone is 1. The second kappa shape index (κ2) is 15.3. The topological polar surface area (TPSA) is 223 Å². The molecule has 0 aliphatic carbocycles. The van der Waals surface area contributed by atoms with Gasteiger partial charge in [-0.25, -0.2) is 19.2 Å². The van der Waals surface area contributed by atoms with Gasteiger partial charge in [0, 0.05) is 30.2 Å². The fraction of sp³-hybridized carbons (Fsp3) is 0.606. The summed E-state index contributed by atoms with van der Waals surface area (Å²) in [7, 11) is 0. The van der Waals surface area contributed by atoms with E-state index in [0.29, 0.717) is 18.8 Å². The van der Waals surface area contributed by atoms with Crippen LogP contribution in [0.1, 0.15) is 65.2 Å². The van der Waals surface area contributed by atoms with Gasteiger partial charge in [-0.3, -0.25) is 4.79 Å². The molecule has 1 aromatic heterocycles. The molecule has 2 bridgehead atoms. The first-order valence-electron chi connectivity index (χ1n) is 15.6. The molecule has 2 fully saturated rings. The van der Waals surface area contributed by atoms with Crippen LogP contribution in [0.5, 0.6) is 0 Å². The quantitative estimate of drug-likeness (QED) is 0.0898. The molecule has 3 rings (SSSR count). The largest absolute Gasteiger partial charge is 0.479 e. The van der Waals surface area contributed by atoms with Gasteiger partial charge in [-0.15, -0.1) is 11.3 Å². The van der Waals surface area contributed by atoms with Crippen LogP contribution in [0.15, 0.2) is 41.8 Å². The van der Waals surface area contributed by atoms with E-state index in [-0.39, 0.29) is 23.8 Å². The van der Waals surface area contributed by atoms with Crippen LogP contribution in [0, 0.1) is 17.8 Å². The van der Waals surface area contributed by atoms with E-state index in [2.05, 4.69) is 6.58 Å². The molecule has 1 aromatic rings. The number of carboxylic acids is 3. The van der Waals surface area contributed by atoms with E-state index in [0.717, 1.165) is 17.4 Å². The monoisotopic (exact) mass is 696 g/mol. The van der Waals surface area contributed by atoms with Crippen molar-refractivity contribution < 1.29 is 68.5 Å². The molecule has 14 nitrogen and oxygen atoms in total. The lowest BCUT2D eigenvalue weighted by Crippen LogP contribution is -2.78. The highest BCUT2D eigenvalue weighted by Crippen LogP contribution is 2.56. The van der Waals surface area contributed by atoms with E-state index >= 15 is 0 Å². The summed E-state index contributed by atoms with van der Waals surface area (Å²) in [5.74, 6) is -11.3. The van der Waals surface area contributed by atoms with Gasteiger partial charge in [0.25, 0.3) is 0 Å². The number of carbonyl (C=O) groups is 5. The molecule has 2 aliphatic heterocycles. The van der Waals surface area contributed by atoms with Crippen molar-refractivity contribution in [1.29, 1.82) is 0 Å². The minimum atomic E-state index is -3.89. The van der Waals surface area contributed by atoms with Gasteiger partial charge < -0.3 is 44.5 Å². The third-order valence-electron chi connectivity index (χ3n) is 8.99. The van der Waals surface area contributed by atoms with Gasteiger partial charge in [-0.2, -0.15) is 0 Å². The molecule has 0 saturated carbocycles. The average Bonchev–Trinajstić information content (AvgIpc) is 3.59. The van der Waals surface area contributed by atoms with Crippen LogP contribution in [0.25, 0.3) is 0 Å². The lowest BCUT2D eigenvalue weighted by molar-refractivity contribution is -0.374. The van der Waals surface area contributed by atoms with E-state index in [1.165, 1.54) is 24.3 Å². The van der Waals surface area contributed by atoms with Crippen molar-refractivity contribution in [3.05, 3.63) is 46.7 Å². The Morgan fingerprint density at radius 3 is 2.31 bits per heavy atom. The highest BCUT2D eigenvalue weighted by Gasteiger charge is 2.85. The van der Waals surface area contributed by atoms with E-state index in [1.807, 2.05) is 45.2 Å². The first-order chi connectivity index (χ1) is 22.4. The lowest BCUT2D eigenvalue weighted by atomic mass is 9.74. The van der Waals surface area contributed by atoms with Gasteiger partial charge in [-0.1, -0.05) is 52.8 Å². The maximum atomic E-state index is 13.0. The fourth-order valence-corrected chi connectivity index (χ4v) is 7.19. The Morgan fingerprint density at radius 2 is 1.79 bits per heavy atom. The Balaban J connectivity index is 2.02. The molecule has 10 atom stereocenters. The minimum Gasteiger partial charge on any atom is -0.479 e. The molecule has 266 valence electrons. The molecule has 2 saturated heterocycles. The van der Waals surface area contributed by atoms with Crippen molar-refractivity contribution in [1.82, 2.24) is 0 Å². The van der Waals surface area contributed by atoms with Gasteiger partial charge in [0.05, 0.1) is 0 Å². The molecule has 3 heterocycles. The number of hydrogen-bond donors (Lipinski definition) is 5. The third kappa shape index (κ3) is 7.49. The smallest absolute Gasteiger partial charge is 0.344 e. The number of esters is 2. The number of hydrogen-bond acceptors (Lipinski definition) is 12. The van der Waals surface area contributed by atoms with E-state index in [4.69, 9.17) is 18.9 Å². The van der Waals surface area contributed by atoms with Gasteiger partial charge in [0.1, 0.15) is 12.2 Å². The van der Waals surface area contributed by atoms with Gasteiger partial charge in [-0.05, 0) is 48.1 Å². The van der Waals surface area contributed by atoms with Crippen LogP contribution >= 0.6 is 11.3 Å². The van der Waals surface area contributed by atoms with Crippen LogP contribution in [-0.4, -0.2) is 96.8 Å². The lowest BCUT2D eigenvalue weighted by Gasteiger charge is -2.48. The number of carbonyl (C=O) groups excluding carboxylic acids is 2. The predicted molar refractivity (Wildman–Crippen MR) is 169 cm³/mol. The number of rotatable bonds is 17. The molecule has 0 radical (unpaired) electrons. The molecule has 10 unspecified atom stereocenters. The Morgan fingerprint density at radius 1 is 1.12 bits per heavy atom. The normalized spacial score (nSPS) is 30.6. The fourth-order valence-electron chi connectivity index (χ4n) is 6.34. The van der Waals surface area contributed by atoms with Crippen molar-refractivity contribution in [3.8, 4) is 0 Å². The maximum Gasteiger partial charge on any atom is 0.344 e. The predicted octanol–water partition coefficient (Wildman–Crippen LogP) is 2.95. The van der Waals surface area contributed by atoms with Crippen LogP contribution < -0.4 is 0 Å². The number of fused-ring (bicyclic) bond motifs is 2. The number of aliphatic hydroxyl groups excluding tert-OH is 1. The molecule has 0 amide bonds. The molecule has 2 aliphatic rings. The first-order valence-corrected chi connectivity index (χ1v) is 16.5. The second-order valence-electron chi connectivity index (χ2n) is 12.7. The Bertz CT molecular complexity index is 1410. The zero-order chi connectivity index (χ0) is 36.2. The molecule has 48 heavy (non-hydrogen) atoms. The summed E-state index contributed by atoms with van der Waals surface area (Å²) in [6, 6.07) is 3.76. The summed E-state index contributed by atoms with van der Waals surface area (Å²) >= 11 is 1.49. The SMILES string of the molecule is C=C(CCC12OC(C(=O)O)C(O)(C(=O)O)C(C(=O)O)(O1)C(OC(=O)C=CC(C)CC(C)CC)C2O)C(OC(C)=O)C(C)Cc1cccs1. The summed E-state index contributed by atoms with van der Waals surface area (Å²) in [5.41, 5.74) is -7.18. The van der Waals surface area contributed by atoms with E-state index < -0.39 is 77.7 Å². The van der Waals surface area contributed by atoms with Gasteiger partial charge in [0.2, 0.25) is 23.1 Å². The van der Waals surface area contributed by atoms with Crippen LogP contribution in [0.3, 0.4) is 0 Å². The van der Waals surface area contributed by atoms with Crippen LogP contribution in [0.2, 0.25) is 0 Å². The molecule has 0 aromatic carbocycles. The number of ether oxygens (including phenoxy) is 4. The minimum absolute atomic E-state index is 0.120. The molecule has 15 heteroatoms. The third-order valence-corrected chi connectivity index (χ3v) is 9.89. The van der Waals surface area contributed by atoms with Crippen molar-refractivity contribution in [2.75, 3.05) is 0 Å². The van der Waals surface area contributed by atoms with Crippen molar-refractivity contribution in [3.63, 3.8) is 0 Å². The highest BCUT2D eigenvalue weighted by atomic mass is 32.1. The highest BCUT2D eigenvalue weighted by molar-refractivity contribution is 7.09. The summed E-state index contributed by atoms with van der Waals surface area (Å²) in [4.78, 5) is 63.8. The molecular formula is C33H44O14S. The number of aliphatic carboxylic acids is 3. The van der Waals surface area contributed by atoms with Crippen molar-refractivity contribution in [2.24, 2.45) is 17.8 Å². The molecule has 5 N–H and O–H groups in total. The molecular weight excluding hydrogens is 652 g/mol. The Hall–Kier alpha value is -3.63. The Kier molecular flexibility index (Phi) is 12.4. The Labute approximate surface area is 281 Å². The first kappa shape index (κ1) is 38.8. The van der Waals surface area contributed by atoms with Crippen LogP contribution in [-0.2, 0) is 49.3 Å². The standard InChI is InChI=1S/C33H44O14S/c1-7-17(2)15-18(3)10-11-23(35)45-26-25(36)31(46-27(28(37)38)32(43,29(39)40)33(26,47-31)30(41)42)13-12-19(4)24(44-21(6)34)20(5)16-22-9-8-14-48-22/h8-11,14,17-18,20,24-27,36,43H,4,7,12-13,15-16H2,1-3,5-6H3,(H,37,38)(H,39,40)(H,41,42). The zero-order valence-electron chi connectivity index (χ0n) is 27.5. The number of carboxylic acid groups (broad SMARTS) is 3. The van der Waals surface area contributed by atoms with Crippen molar-refractivity contribution in [2.45, 2.75) is 108 Å². The summed E-state index contributed by atoms with van der Waals surface area (Å²) in [5, 5.41) is 55.3. The van der Waals surface area contributed by atoms with Gasteiger partial charge >= 0.3 is 29.8 Å². The molecule has 0 spiro atoms. The van der Waals surface area contributed by atoms with E-state index in [9.17, 15) is 49.5 Å². The summed E-state index contributed by atoms with van der Waals surface area (Å²) < 4.78 is 22.0.